The molecule has 0 unspecified atom stereocenters. The maximum absolute atomic E-state index is 6.25. The molecule has 1 saturated heterocycles. The van der Waals surface area contributed by atoms with E-state index in [1.54, 1.807) is 0 Å². The Hall–Kier alpha value is -1.78. The first-order valence-corrected chi connectivity index (χ1v) is 7.52. The normalized spacial score (nSPS) is 16.1. The van der Waals surface area contributed by atoms with Gasteiger partial charge in [-0.05, 0) is 29.8 Å². The molecule has 0 bridgehead atoms. The first kappa shape index (κ1) is 14.2. The van der Waals surface area contributed by atoms with E-state index < -0.39 is 0 Å². The molecular formula is C16H19ClN4. The van der Waals surface area contributed by atoms with E-state index in [2.05, 4.69) is 20.9 Å². The van der Waals surface area contributed by atoms with E-state index in [1.807, 2.05) is 36.5 Å². The van der Waals surface area contributed by atoms with E-state index in [1.165, 1.54) is 0 Å². The molecule has 1 aromatic heterocycles. The molecule has 5 heteroatoms. The van der Waals surface area contributed by atoms with Crippen LogP contribution in [-0.2, 0) is 6.54 Å². The van der Waals surface area contributed by atoms with Gasteiger partial charge in [0, 0.05) is 49.6 Å². The van der Waals surface area contributed by atoms with Crippen molar-refractivity contribution in [3.05, 3.63) is 53.2 Å². The Bertz CT molecular complexity index is 594. The molecule has 2 aromatic rings. The van der Waals surface area contributed by atoms with E-state index in [0.717, 1.165) is 49.1 Å². The number of anilines is 2. The summed E-state index contributed by atoms with van der Waals surface area (Å²) in [6, 6.07) is 11.8. The highest BCUT2D eigenvalue weighted by Gasteiger charge is 2.18. The summed E-state index contributed by atoms with van der Waals surface area (Å²) in [6.07, 6.45) is 1.84. The zero-order valence-electron chi connectivity index (χ0n) is 11.9. The number of hydrogen-bond acceptors (Lipinski definition) is 4. The van der Waals surface area contributed by atoms with Gasteiger partial charge >= 0.3 is 0 Å². The topological polar surface area (TPSA) is 45.4 Å². The van der Waals surface area contributed by atoms with Crippen LogP contribution in [0.2, 0.25) is 5.02 Å². The zero-order valence-corrected chi connectivity index (χ0v) is 12.6. The predicted octanol–water partition coefficient (Wildman–Crippen LogP) is 2.64. The molecule has 1 aliphatic heterocycles. The zero-order chi connectivity index (χ0) is 14.7. The van der Waals surface area contributed by atoms with Gasteiger partial charge in [-0.15, -0.1) is 0 Å². The van der Waals surface area contributed by atoms with Crippen LogP contribution in [0.1, 0.15) is 5.56 Å². The SMILES string of the molecule is Nc1ccc(CN2CCN(c3ccccn3)CC2)c(Cl)c1. The van der Waals surface area contributed by atoms with Crippen LogP contribution >= 0.6 is 11.6 Å². The summed E-state index contributed by atoms with van der Waals surface area (Å²) in [5.41, 5.74) is 7.58. The number of aromatic nitrogens is 1. The fourth-order valence-corrected chi connectivity index (χ4v) is 2.86. The van der Waals surface area contributed by atoms with E-state index in [9.17, 15) is 0 Å². The maximum atomic E-state index is 6.25. The Morgan fingerprint density at radius 3 is 2.57 bits per heavy atom. The van der Waals surface area contributed by atoms with Crippen molar-refractivity contribution in [2.45, 2.75) is 6.54 Å². The molecule has 2 N–H and O–H groups in total. The van der Waals surface area contributed by atoms with Crippen molar-refractivity contribution >= 4 is 23.1 Å². The molecule has 0 atom stereocenters. The number of nitrogen functional groups attached to an aromatic ring is 1. The number of nitrogens with two attached hydrogens (primary N) is 1. The van der Waals surface area contributed by atoms with Gasteiger partial charge in [-0.2, -0.15) is 0 Å². The summed E-state index contributed by atoms with van der Waals surface area (Å²) in [7, 11) is 0. The molecule has 3 rings (SSSR count). The van der Waals surface area contributed by atoms with Crippen molar-refractivity contribution in [3.8, 4) is 0 Å². The average Bonchev–Trinajstić information content (AvgIpc) is 2.52. The molecule has 4 nitrogen and oxygen atoms in total. The summed E-state index contributed by atoms with van der Waals surface area (Å²) in [5, 5.41) is 0.752. The van der Waals surface area contributed by atoms with Gasteiger partial charge in [0.25, 0.3) is 0 Å². The van der Waals surface area contributed by atoms with Gasteiger partial charge in [0.1, 0.15) is 5.82 Å². The average molecular weight is 303 g/mol. The number of benzene rings is 1. The summed E-state index contributed by atoms with van der Waals surface area (Å²) in [4.78, 5) is 9.14. The Kier molecular flexibility index (Phi) is 4.27. The van der Waals surface area contributed by atoms with E-state index in [4.69, 9.17) is 17.3 Å². The number of pyridine rings is 1. The summed E-state index contributed by atoms with van der Waals surface area (Å²) in [5.74, 6) is 1.06. The minimum Gasteiger partial charge on any atom is -0.399 e. The molecule has 1 aromatic carbocycles. The highest BCUT2D eigenvalue weighted by molar-refractivity contribution is 6.31. The van der Waals surface area contributed by atoms with Crippen molar-refractivity contribution in [1.82, 2.24) is 9.88 Å². The van der Waals surface area contributed by atoms with Crippen molar-refractivity contribution < 1.29 is 0 Å². The van der Waals surface area contributed by atoms with Gasteiger partial charge in [-0.3, -0.25) is 4.90 Å². The first-order chi connectivity index (χ1) is 10.2. The standard InChI is InChI=1S/C16H19ClN4/c17-15-11-14(18)5-4-13(15)12-20-7-9-21(10-8-20)16-3-1-2-6-19-16/h1-6,11H,7-10,12,18H2. The fraction of sp³-hybridized carbons (Fsp3) is 0.312. The van der Waals surface area contributed by atoms with Crippen LogP contribution in [0.25, 0.3) is 0 Å². The van der Waals surface area contributed by atoms with Crippen molar-refractivity contribution in [3.63, 3.8) is 0 Å². The Balaban J connectivity index is 1.59. The van der Waals surface area contributed by atoms with Crippen molar-refractivity contribution in [2.24, 2.45) is 0 Å². The molecule has 1 fully saturated rings. The largest absolute Gasteiger partial charge is 0.399 e. The Morgan fingerprint density at radius 1 is 1.10 bits per heavy atom. The fourth-order valence-electron chi connectivity index (χ4n) is 2.61. The Labute approximate surface area is 130 Å². The molecule has 110 valence electrons. The third-order valence-electron chi connectivity index (χ3n) is 3.82. The number of halogens is 1. The lowest BCUT2D eigenvalue weighted by Gasteiger charge is -2.35. The molecule has 0 spiro atoms. The third-order valence-corrected chi connectivity index (χ3v) is 4.17. The van der Waals surface area contributed by atoms with Gasteiger partial charge in [-0.1, -0.05) is 23.7 Å². The van der Waals surface area contributed by atoms with Gasteiger partial charge < -0.3 is 10.6 Å². The second-order valence-electron chi connectivity index (χ2n) is 5.30. The lowest BCUT2D eigenvalue weighted by Crippen LogP contribution is -2.46. The van der Waals surface area contributed by atoms with Crippen LogP contribution in [0.5, 0.6) is 0 Å². The lowest BCUT2D eigenvalue weighted by atomic mass is 10.1. The monoisotopic (exact) mass is 302 g/mol. The summed E-state index contributed by atoms with van der Waals surface area (Å²) < 4.78 is 0. The third kappa shape index (κ3) is 3.46. The summed E-state index contributed by atoms with van der Waals surface area (Å²) >= 11 is 6.25. The smallest absolute Gasteiger partial charge is 0.128 e. The van der Waals surface area contributed by atoms with Gasteiger partial charge in [0.05, 0.1) is 0 Å². The molecule has 1 aliphatic rings. The highest BCUT2D eigenvalue weighted by atomic mass is 35.5. The Morgan fingerprint density at radius 2 is 1.90 bits per heavy atom. The lowest BCUT2D eigenvalue weighted by molar-refractivity contribution is 0.249. The molecular weight excluding hydrogens is 284 g/mol. The number of nitrogens with zero attached hydrogens (tertiary/aromatic N) is 3. The van der Waals surface area contributed by atoms with E-state index in [-0.39, 0.29) is 0 Å². The van der Waals surface area contributed by atoms with Crippen LogP contribution in [0.4, 0.5) is 11.5 Å². The number of rotatable bonds is 3. The molecule has 0 radical (unpaired) electrons. The van der Waals surface area contributed by atoms with Crippen LogP contribution < -0.4 is 10.6 Å². The first-order valence-electron chi connectivity index (χ1n) is 7.14. The molecule has 0 saturated carbocycles. The molecule has 0 amide bonds. The van der Waals surface area contributed by atoms with Gasteiger partial charge in [-0.25, -0.2) is 4.98 Å². The highest BCUT2D eigenvalue weighted by Crippen LogP contribution is 2.22. The van der Waals surface area contributed by atoms with Gasteiger partial charge in [0.15, 0.2) is 0 Å². The minimum absolute atomic E-state index is 0.712. The number of piperazine rings is 1. The molecule has 2 heterocycles. The van der Waals surface area contributed by atoms with Crippen LogP contribution in [0, 0.1) is 0 Å². The minimum atomic E-state index is 0.712. The van der Waals surface area contributed by atoms with Crippen LogP contribution in [-0.4, -0.2) is 36.1 Å². The van der Waals surface area contributed by atoms with Crippen molar-refractivity contribution in [2.75, 3.05) is 36.8 Å². The quantitative estimate of drug-likeness (QED) is 0.885. The van der Waals surface area contributed by atoms with E-state index in [0.29, 0.717) is 5.69 Å². The molecule has 21 heavy (non-hydrogen) atoms. The maximum Gasteiger partial charge on any atom is 0.128 e. The second kappa shape index (κ2) is 6.33. The van der Waals surface area contributed by atoms with E-state index >= 15 is 0 Å². The van der Waals surface area contributed by atoms with Crippen LogP contribution in [0.3, 0.4) is 0 Å². The van der Waals surface area contributed by atoms with Crippen LogP contribution in [0.15, 0.2) is 42.6 Å². The predicted molar refractivity (Wildman–Crippen MR) is 87.6 cm³/mol. The van der Waals surface area contributed by atoms with Gasteiger partial charge in [0.2, 0.25) is 0 Å². The number of hydrogen-bond donors (Lipinski definition) is 1. The second-order valence-corrected chi connectivity index (χ2v) is 5.71. The van der Waals surface area contributed by atoms with Crippen molar-refractivity contribution in [1.29, 1.82) is 0 Å². The molecule has 0 aliphatic carbocycles. The summed E-state index contributed by atoms with van der Waals surface area (Å²) in [6.45, 7) is 4.87.